The number of aryl methyl sites for hydroxylation is 1. The number of nitro groups is 1. The topological polar surface area (TPSA) is 139 Å². The Bertz CT molecular complexity index is 1180. The van der Waals surface area contributed by atoms with Gasteiger partial charge in [-0.15, -0.1) is 0 Å². The fourth-order valence-electron chi connectivity index (χ4n) is 2.56. The van der Waals surface area contributed by atoms with E-state index in [1.165, 1.54) is 24.4 Å². The normalized spacial score (nSPS) is 11.0. The van der Waals surface area contributed by atoms with E-state index in [2.05, 4.69) is 20.8 Å². The van der Waals surface area contributed by atoms with E-state index in [0.717, 1.165) is 0 Å². The molecule has 10 nitrogen and oxygen atoms in total. The first-order valence-corrected chi connectivity index (χ1v) is 9.42. The largest absolute Gasteiger partial charge is 0.507 e. The Hall–Kier alpha value is -4.60. The molecule has 0 aliphatic heterocycles. The summed E-state index contributed by atoms with van der Waals surface area (Å²) in [6.45, 7) is 1.24. The van der Waals surface area contributed by atoms with Crippen molar-refractivity contribution in [2.24, 2.45) is 15.3 Å². The molecule has 3 aromatic rings. The van der Waals surface area contributed by atoms with Crippen LogP contribution in [0, 0.1) is 17.0 Å². The van der Waals surface area contributed by atoms with Gasteiger partial charge in [0.15, 0.2) is 12.4 Å². The number of carbonyl (C=O) groups is 1. The molecule has 0 heterocycles. The van der Waals surface area contributed by atoms with E-state index in [1.54, 1.807) is 37.3 Å². The minimum absolute atomic E-state index is 0.0196. The minimum Gasteiger partial charge on any atom is -0.507 e. The van der Waals surface area contributed by atoms with E-state index in [1.807, 2.05) is 18.2 Å². The molecule has 10 heteroatoms. The Balaban J connectivity index is 1.59. The molecular weight excluding hydrogens is 414 g/mol. The van der Waals surface area contributed by atoms with Gasteiger partial charge >= 0.3 is 5.69 Å². The molecule has 0 spiro atoms. The number of nitrogens with one attached hydrogen (secondary N) is 1. The maximum absolute atomic E-state index is 12.0. The van der Waals surface area contributed by atoms with Gasteiger partial charge in [0.25, 0.3) is 5.91 Å². The lowest BCUT2D eigenvalue weighted by Crippen LogP contribution is -2.24. The predicted molar refractivity (Wildman–Crippen MR) is 118 cm³/mol. The number of carbonyl (C=O) groups excluding carboxylic acids is 1. The summed E-state index contributed by atoms with van der Waals surface area (Å²) >= 11 is 0. The van der Waals surface area contributed by atoms with Gasteiger partial charge in [-0.2, -0.15) is 15.3 Å². The maximum atomic E-state index is 12.0. The van der Waals surface area contributed by atoms with Gasteiger partial charge in [0.1, 0.15) is 5.75 Å². The summed E-state index contributed by atoms with van der Waals surface area (Å²) in [5.41, 5.74) is 4.17. The Morgan fingerprint density at radius 2 is 1.84 bits per heavy atom. The lowest BCUT2D eigenvalue weighted by molar-refractivity contribution is -0.385. The molecular formula is C22H19N5O5. The van der Waals surface area contributed by atoms with Crippen molar-refractivity contribution in [3.05, 3.63) is 88.0 Å². The summed E-state index contributed by atoms with van der Waals surface area (Å²) < 4.78 is 5.23. The number of hydrogen-bond donors (Lipinski definition) is 2. The van der Waals surface area contributed by atoms with Crippen LogP contribution in [-0.4, -0.2) is 28.8 Å². The predicted octanol–water partition coefficient (Wildman–Crippen LogP) is 4.55. The summed E-state index contributed by atoms with van der Waals surface area (Å²) in [5, 5.41) is 33.1. The standard InChI is InChI=1S/C22H19N5O5/c1-15-7-10-21(19(11-15)27(30)31)32-14-22(29)26-23-13-16-12-18(8-9-20(16)28)25-24-17-5-3-2-4-6-17/h2-13,28H,14H2,1H3,(H,26,29)/b23-13-,25-24?. The Morgan fingerprint density at radius 3 is 2.59 bits per heavy atom. The molecule has 0 aliphatic rings. The molecule has 3 rings (SSSR count). The minimum atomic E-state index is -0.629. The molecule has 0 aromatic heterocycles. The number of phenolic OH excluding ortho intramolecular Hbond substituents is 1. The maximum Gasteiger partial charge on any atom is 0.311 e. The molecule has 3 aromatic carbocycles. The first-order chi connectivity index (χ1) is 15.4. The highest BCUT2D eigenvalue weighted by atomic mass is 16.6. The van der Waals surface area contributed by atoms with Crippen molar-refractivity contribution in [1.29, 1.82) is 0 Å². The van der Waals surface area contributed by atoms with Crippen LogP contribution < -0.4 is 10.2 Å². The molecule has 0 radical (unpaired) electrons. The van der Waals surface area contributed by atoms with E-state index in [-0.39, 0.29) is 17.2 Å². The number of rotatable bonds is 8. The number of hydrazone groups is 1. The molecule has 32 heavy (non-hydrogen) atoms. The van der Waals surface area contributed by atoms with Crippen LogP contribution in [0.4, 0.5) is 17.1 Å². The van der Waals surface area contributed by atoms with Crippen LogP contribution in [0.3, 0.4) is 0 Å². The van der Waals surface area contributed by atoms with Gasteiger partial charge in [0.2, 0.25) is 0 Å². The number of ether oxygens (including phenoxy) is 1. The fourth-order valence-corrected chi connectivity index (χ4v) is 2.56. The van der Waals surface area contributed by atoms with Gasteiger partial charge in [-0.25, -0.2) is 5.43 Å². The number of aromatic hydroxyl groups is 1. The van der Waals surface area contributed by atoms with E-state index >= 15 is 0 Å². The van der Waals surface area contributed by atoms with Crippen LogP contribution in [0.25, 0.3) is 0 Å². The first kappa shape index (κ1) is 22.1. The number of phenols is 1. The zero-order valence-corrected chi connectivity index (χ0v) is 17.0. The summed E-state index contributed by atoms with van der Waals surface area (Å²) in [6.07, 6.45) is 1.24. The molecule has 0 saturated heterocycles. The van der Waals surface area contributed by atoms with E-state index < -0.39 is 17.4 Å². The first-order valence-electron chi connectivity index (χ1n) is 9.42. The zero-order chi connectivity index (χ0) is 22.9. The van der Waals surface area contributed by atoms with Crippen LogP contribution in [-0.2, 0) is 4.79 Å². The quantitative estimate of drug-likeness (QED) is 0.232. The van der Waals surface area contributed by atoms with E-state index in [9.17, 15) is 20.0 Å². The van der Waals surface area contributed by atoms with E-state index in [0.29, 0.717) is 22.5 Å². The van der Waals surface area contributed by atoms with E-state index in [4.69, 9.17) is 4.74 Å². The second kappa shape index (κ2) is 10.4. The third-order valence-electron chi connectivity index (χ3n) is 4.11. The highest BCUT2D eigenvalue weighted by Crippen LogP contribution is 2.27. The Kier molecular flexibility index (Phi) is 7.20. The number of nitro benzene ring substituents is 1. The lowest BCUT2D eigenvalue weighted by Gasteiger charge is -2.06. The van der Waals surface area contributed by atoms with Crippen molar-refractivity contribution >= 4 is 29.2 Å². The summed E-state index contributed by atoms with van der Waals surface area (Å²) in [4.78, 5) is 22.5. The van der Waals surface area contributed by atoms with Crippen molar-refractivity contribution in [1.82, 2.24) is 5.43 Å². The van der Waals surface area contributed by atoms with Gasteiger partial charge in [-0.1, -0.05) is 24.3 Å². The number of amides is 1. The second-order valence-corrected chi connectivity index (χ2v) is 6.59. The van der Waals surface area contributed by atoms with Gasteiger partial charge in [-0.3, -0.25) is 14.9 Å². The highest BCUT2D eigenvalue weighted by Gasteiger charge is 2.16. The number of azo groups is 1. The molecule has 162 valence electrons. The summed E-state index contributed by atoms with van der Waals surface area (Å²) in [5.74, 6) is -0.711. The SMILES string of the molecule is Cc1ccc(OCC(=O)N/N=C\c2cc(N=Nc3ccccc3)ccc2O)c([N+](=O)[O-])c1. The van der Waals surface area contributed by atoms with Gasteiger partial charge in [0.05, 0.1) is 22.5 Å². The second-order valence-electron chi connectivity index (χ2n) is 6.59. The van der Waals surface area contributed by atoms with Gasteiger partial charge in [0, 0.05) is 11.6 Å². The molecule has 0 fully saturated rings. The number of benzene rings is 3. The van der Waals surface area contributed by atoms with Crippen LogP contribution in [0.5, 0.6) is 11.5 Å². The number of hydrogen-bond acceptors (Lipinski definition) is 8. The highest BCUT2D eigenvalue weighted by molar-refractivity contribution is 5.86. The Labute approximate surface area is 183 Å². The molecule has 0 saturated carbocycles. The molecule has 0 bridgehead atoms. The third kappa shape index (κ3) is 6.20. The van der Waals surface area contributed by atoms with Crippen LogP contribution in [0.15, 0.2) is 82.1 Å². The van der Waals surface area contributed by atoms with Crippen LogP contribution in [0.2, 0.25) is 0 Å². The average molecular weight is 433 g/mol. The Morgan fingerprint density at radius 1 is 1.09 bits per heavy atom. The van der Waals surface area contributed by atoms with Crippen LogP contribution >= 0.6 is 0 Å². The molecule has 1 amide bonds. The molecule has 0 atom stereocenters. The zero-order valence-electron chi connectivity index (χ0n) is 17.0. The van der Waals surface area contributed by atoms with Gasteiger partial charge < -0.3 is 9.84 Å². The van der Waals surface area contributed by atoms with Crippen molar-refractivity contribution in [3.8, 4) is 11.5 Å². The monoisotopic (exact) mass is 433 g/mol. The van der Waals surface area contributed by atoms with Crippen LogP contribution in [0.1, 0.15) is 11.1 Å². The molecule has 0 unspecified atom stereocenters. The fraction of sp³-hybridized carbons (Fsp3) is 0.0909. The summed E-state index contributed by atoms with van der Waals surface area (Å²) in [7, 11) is 0. The van der Waals surface area contributed by atoms with Crippen molar-refractivity contribution in [2.45, 2.75) is 6.92 Å². The van der Waals surface area contributed by atoms with Gasteiger partial charge in [-0.05, 0) is 48.9 Å². The van der Waals surface area contributed by atoms with Crippen molar-refractivity contribution in [2.75, 3.05) is 6.61 Å². The summed E-state index contributed by atoms with van der Waals surface area (Å²) in [6, 6.07) is 18.1. The number of nitrogens with zero attached hydrogens (tertiary/aromatic N) is 4. The smallest absolute Gasteiger partial charge is 0.311 e. The third-order valence-corrected chi connectivity index (χ3v) is 4.11. The molecule has 2 N–H and O–H groups in total. The lowest BCUT2D eigenvalue weighted by atomic mass is 10.2. The van der Waals surface area contributed by atoms with Crippen molar-refractivity contribution in [3.63, 3.8) is 0 Å². The average Bonchev–Trinajstić information content (AvgIpc) is 2.79. The van der Waals surface area contributed by atoms with Crippen molar-refractivity contribution < 1.29 is 19.6 Å². The molecule has 0 aliphatic carbocycles.